The number of aryl methyl sites for hydroxylation is 1. The number of benzene rings is 2. The van der Waals surface area contributed by atoms with Gasteiger partial charge in [0.1, 0.15) is 0 Å². The van der Waals surface area contributed by atoms with Gasteiger partial charge in [-0.15, -0.1) is 0 Å². The first-order valence-corrected chi connectivity index (χ1v) is 8.54. The van der Waals surface area contributed by atoms with Gasteiger partial charge >= 0.3 is 0 Å². The maximum Gasteiger partial charge on any atom is 0.0574 e. The van der Waals surface area contributed by atoms with Crippen molar-refractivity contribution >= 4 is 27.5 Å². The molecule has 3 heteroatoms. The van der Waals surface area contributed by atoms with Gasteiger partial charge in [0, 0.05) is 4.47 Å². The molecule has 2 aromatic rings. The van der Waals surface area contributed by atoms with Crippen LogP contribution in [0, 0.1) is 0 Å². The van der Waals surface area contributed by atoms with E-state index < -0.39 is 0 Å². The van der Waals surface area contributed by atoms with Gasteiger partial charge in [-0.3, -0.25) is 0 Å². The highest BCUT2D eigenvalue weighted by Crippen LogP contribution is 2.29. The Hall–Kier alpha value is -0.830. The minimum Gasteiger partial charge on any atom is -0.309 e. The summed E-state index contributed by atoms with van der Waals surface area (Å²) in [6.07, 6.45) is 3.64. The fourth-order valence-electron chi connectivity index (χ4n) is 2.48. The Kier molecular flexibility index (Phi) is 6.28. The van der Waals surface area contributed by atoms with Crippen LogP contribution in [-0.2, 0) is 6.42 Å². The molecular formula is C18H21BrClN. The molecule has 0 aliphatic carbocycles. The molecule has 0 saturated carbocycles. The Balaban J connectivity index is 2.22. The summed E-state index contributed by atoms with van der Waals surface area (Å²) in [5.41, 5.74) is 3.84. The average molecular weight is 367 g/mol. The van der Waals surface area contributed by atoms with Crippen LogP contribution in [0.15, 0.2) is 46.9 Å². The van der Waals surface area contributed by atoms with E-state index in [1.165, 1.54) is 29.5 Å². The van der Waals surface area contributed by atoms with Crippen molar-refractivity contribution in [1.82, 2.24) is 5.32 Å². The summed E-state index contributed by atoms with van der Waals surface area (Å²) >= 11 is 9.65. The first-order chi connectivity index (χ1) is 10.2. The smallest absolute Gasteiger partial charge is 0.0574 e. The Morgan fingerprint density at radius 2 is 1.76 bits per heavy atom. The fraction of sp³-hybridized carbons (Fsp3) is 0.333. The minimum atomic E-state index is 0.163. The molecule has 0 aliphatic rings. The van der Waals surface area contributed by atoms with Gasteiger partial charge in [-0.2, -0.15) is 0 Å². The molecule has 0 saturated heterocycles. The van der Waals surface area contributed by atoms with Crippen molar-refractivity contribution in [3.8, 4) is 0 Å². The normalized spacial score (nSPS) is 12.4. The highest BCUT2D eigenvalue weighted by atomic mass is 79.9. The van der Waals surface area contributed by atoms with Gasteiger partial charge in [0.25, 0.3) is 0 Å². The number of hydrogen-bond acceptors (Lipinski definition) is 1. The lowest BCUT2D eigenvalue weighted by molar-refractivity contribution is 0.691. The Labute approximate surface area is 140 Å². The molecule has 2 aromatic carbocycles. The number of unbranched alkanes of at least 4 members (excludes halogenated alkanes) is 1. The minimum absolute atomic E-state index is 0.163. The highest BCUT2D eigenvalue weighted by molar-refractivity contribution is 9.10. The second-order valence-corrected chi connectivity index (χ2v) is 6.50. The second kappa shape index (κ2) is 7.98. The van der Waals surface area contributed by atoms with Crippen LogP contribution in [0.3, 0.4) is 0 Å². The van der Waals surface area contributed by atoms with Crippen molar-refractivity contribution < 1.29 is 0 Å². The predicted octanol–water partition coefficient (Wildman–Crippen LogP) is 5.75. The van der Waals surface area contributed by atoms with E-state index in [4.69, 9.17) is 11.6 Å². The molecule has 0 bridgehead atoms. The molecule has 2 rings (SSSR count). The zero-order valence-electron chi connectivity index (χ0n) is 12.5. The largest absolute Gasteiger partial charge is 0.309 e. The van der Waals surface area contributed by atoms with E-state index in [-0.39, 0.29) is 6.04 Å². The number of nitrogens with one attached hydrogen (secondary N) is 1. The van der Waals surface area contributed by atoms with Crippen molar-refractivity contribution in [3.63, 3.8) is 0 Å². The summed E-state index contributed by atoms with van der Waals surface area (Å²) in [5.74, 6) is 0. The van der Waals surface area contributed by atoms with Gasteiger partial charge in [0.2, 0.25) is 0 Å². The molecule has 0 aromatic heterocycles. The lowest BCUT2D eigenvalue weighted by atomic mass is 9.97. The van der Waals surface area contributed by atoms with E-state index in [9.17, 15) is 0 Å². The third-order valence-corrected chi connectivity index (χ3v) is 4.93. The summed E-state index contributed by atoms with van der Waals surface area (Å²) < 4.78 is 0.928. The molecular weight excluding hydrogens is 346 g/mol. The van der Waals surface area contributed by atoms with Gasteiger partial charge < -0.3 is 5.32 Å². The standard InChI is InChI=1S/C18H21BrClN/c1-3-4-5-13-6-8-14(9-7-13)18(21-2)15-10-11-16(19)17(20)12-15/h6-12,18,21H,3-5H2,1-2H3. The molecule has 0 aliphatic heterocycles. The second-order valence-electron chi connectivity index (χ2n) is 5.24. The van der Waals surface area contributed by atoms with Crippen molar-refractivity contribution in [2.24, 2.45) is 0 Å². The van der Waals surface area contributed by atoms with Crippen LogP contribution in [0.4, 0.5) is 0 Å². The van der Waals surface area contributed by atoms with Gasteiger partial charge in [-0.25, -0.2) is 0 Å². The molecule has 1 nitrogen and oxygen atoms in total. The zero-order chi connectivity index (χ0) is 15.2. The molecule has 1 N–H and O–H groups in total. The third kappa shape index (κ3) is 4.32. The molecule has 112 valence electrons. The fourth-order valence-corrected chi connectivity index (χ4v) is 2.91. The monoisotopic (exact) mass is 365 g/mol. The quantitative estimate of drug-likeness (QED) is 0.686. The molecule has 0 radical (unpaired) electrons. The van der Waals surface area contributed by atoms with Crippen molar-refractivity contribution in [2.45, 2.75) is 32.2 Å². The number of halogens is 2. The van der Waals surface area contributed by atoms with E-state index in [0.717, 1.165) is 15.9 Å². The maximum absolute atomic E-state index is 6.21. The molecule has 0 fully saturated rings. The molecule has 0 heterocycles. The molecule has 0 amide bonds. The van der Waals surface area contributed by atoms with Crippen LogP contribution in [0.5, 0.6) is 0 Å². The Bertz CT molecular complexity index is 580. The third-order valence-electron chi connectivity index (χ3n) is 3.70. The van der Waals surface area contributed by atoms with Crippen LogP contribution in [-0.4, -0.2) is 7.05 Å². The Morgan fingerprint density at radius 3 is 2.33 bits per heavy atom. The summed E-state index contributed by atoms with van der Waals surface area (Å²) in [4.78, 5) is 0. The van der Waals surface area contributed by atoms with E-state index >= 15 is 0 Å². The van der Waals surface area contributed by atoms with Gasteiger partial charge in [-0.05, 0) is 64.6 Å². The van der Waals surface area contributed by atoms with E-state index in [1.54, 1.807) is 0 Å². The number of hydrogen-bond donors (Lipinski definition) is 1. The van der Waals surface area contributed by atoms with E-state index in [2.05, 4.69) is 58.5 Å². The lowest BCUT2D eigenvalue weighted by Gasteiger charge is -2.18. The van der Waals surface area contributed by atoms with Gasteiger partial charge in [-0.1, -0.05) is 55.3 Å². The summed E-state index contributed by atoms with van der Waals surface area (Å²) in [7, 11) is 1.98. The van der Waals surface area contributed by atoms with Crippen molar-refractivity contribution in [3.05, 3.63) is 68.7 Å². The highest BCUT2D eigenvalue weighted by Gasteiger charge is 2.13. The van der Waals surface area contributed by atoms with Crippen LogP contribution in [0.2, 0.25) is 5.02 Å². The van der Waals surface area contributed by atoms with Gasteiger partial charge in [0.05, 0.1) is 11.1 Å². The predicted molar refractivity (Wildman–Crippen MR) is 95.1 cm³/mol. The topological polar surface area (TPSA) is 12.0 Å². The van der Waals surface area contributed by atoms with Crippen LogP contribution in [0.25, 0.3) is 0 Å². The molecule has 0 spiro atoms. The van der Waals surface area contributed by atoms with Crippen LogP contribution in [0.1, 0.15) is 42.5 Å². The number of rotatable bonds is 6. The summed E-state index contributed by atoms with van der Waals surface area (Å²) in [6.45, 7) is 2.22. The summed E-state index contributed by atoms with van der Waals surface area (Å²) in [5, 5.41) is 4.11. The first-order valence-electron chi connectivity index (χ1n) is 7.36. The van der Waals surface area contributed by atoms with Crippen LogP contribution >= 0.6 is 27.5 Å². The molecule has 1 atom stereocenters. The van der Waals surface area contributed by atoms with Crippen molar-refractivity contribution in [1.29, 1.82) is 0 Å². The van der Waals surface area contributed by atoms with Crippen molar-refractivity contribution in [2.75, 3.05) is 7.05 Å². The average Bonchev–Trinajstić information content (AvgIpc) is 2.50. The molecule has 21 heavy (non-hydrogen) atoms. The molecule has 1 unspecified atom stereocenters. The maximum atomic E-state index is 6.21. The lowest BCUT2D eigenvalue weighted by Crippen LogP contribution is -2.17. The SMILES string of the molecule is CCCCc1ccc(C(NC)c2ccc(Br)c(Cl)c2)cc1. The van der Waals surface area contributed by atoms with Crippen LogP contribution < -0.4 is 5.32 Å². The van der Waals surface area contributed by atoms with E-state index in [0.29, 0.717) is 0 Å². The Morgan fingerprint density at radius 1 is 1.10 bits per heavy atom. The van der Waals surface area contributed by atoms with E-state index in [1.807, 2.05) is 19.2 Å². The zero-order valence-corrected chi connectivity index (χ0v) is 14.8. The first kappa shape index (κ1) is 16.5. The van der Waals surface area contributed by atoms with Gasteiger partial charge in [0.15, 0.2) is 0 Å². The summed E-state index contributed by atoms with van der Waals surface area (Å²) in [6, 6.07) is 15.2.